The predicted molar refractivity (Wildman–Crippen MR) is 83.3 cm³/mol. The van der Waals surface area contributed by atoms with Crippen LogP contribution in [-0.2, 0) is 14.3 Å². The molecule has 5 nitrogen and oxygen atoms in total. The maximum absolute atomic E-state index is 12.3. The molecule has 22 heavy (non-hydrogen) atoms. The van der Waals surface area contributed by atoms with Gasteiger partial charge < -0.3 is 14.8 Å². The highest BCUT2D eigenvalue weighted by molar-refractivity contribution is 5.77. The molecule has 3 fully saturated rings. The Balaban J connectivity index is 2.24. The van der Waals surface area contributed by atoms with Gasteiger partial charge in [0.05, 0.1) is 18.6 Å². The summed E-state index contributed by atoms with van der Waals surface area (Å²) in [6, 6.07) is 0. The van der Waals surface area contributed by atoms with E-state index < -0.39 is 17.2 Å². The summed E-state index contributed by atoms with van der Waals surface area (Å²) in [7, 11) is 1.40. The lowest BCUT2D eigenvalue weighted by Gasteiger charge is -2.66. The molecule has 2 bridgehead atoms. The molecule has 0 heterocycles. The van der Waals surface area contributed by atoms with Crippen molar-refractivity contribution in [2.75, 3.05) is 7.11 Å². The summed E-state index contributed by atoms with van der Waals surface area (Å²) in [5.41, 5.74) is -1.07. The number of hydrogen-bond acceptors (Lipinski definition) is 4. The topological polar surface area (TPSA) is 64.6 Å². The van der Waals surface area contributed by atoms with E-state index in [-0.39, 0.29) is 23.2 Å². The summed E-state index contributed by atoms with van der Waals surface area (Å²) in [4.78, 5) is 24.5. The first-order valence-corrected chi connectivity index (χ1v) is 8.01. The van der Waals surface area contributed by atoms with E-state index in [0.717, 1.165) is 12.8 Å². The number of amides is 1. The molecule has 3 aliphatic carbocycles. The average molecular weight is 311 g/mol. The Morgan fingerprint density at radius 1 is 1.14 bits per heavy atom. The molecule has 0 spiro atoms. The van der Waals surface area contributed by atoms with Crippen LogP contribution in [0, 0.1) is 23.2 Å². The predicted octanol–water partition coefficient (Wildman–Crippen LogP) is 3.13. The molecule has 0 radical (unpaired) electrons. The van der Waals surface area contributed by atoms with Crippen molar-refractivity contribution in [3.05, 3.63) is 0 Å². The van der Waals surface area contributed by atoms with Crippen LogP contribution in [0.15, 0.2) is 0 Å². The van der Waals surface area contributed by atoms with Crippen LogP contribution in [0.5, 0.6) is 0 Å². The van der Waals surface area contributed by atoms with Gasteiger partial charge in [-0.25, -0.2) is 4.79 Å². The van der Waals surface area contributed by atoms with Gasteiger partial charge in [-0.05, 0) is 57.8 Å². The fourth-order valence-corrected chi connectivity index (χ4v) is 4.39. The van der Waals surface area contributed by atoms with Crippen molar-refractivity contribution in [2.24, 2.45) is 23.2 Å². The standard InChI is InChI=1S/C17H29NO4/c1-15(2,3)22-14(20)18-17(6)11(13(19)21-7)8-10-9-12(17)16(10,4)5/h10-12H,8-9H2,1-7H3,(H,18,20)/t10-,11+,12+,17-/m0/s1. The Kier molecular flexibility index (Phi) is 3.99. The molecule has 4 atom stereocenters. The lowest BCUT2D eigenvalue weighted by molar-refractivity contribution is -0.180. The molecule has 3 rings (SSSR count). The number of methoxy groups -OCH3 is 1. The van der Waals surface area contributed by atoms with Gasteiger partial charge in [-0.2, -0.15) is 0 Å². The first-order valence-electron chi connectivity index (χ1n) is 8.01. The van der Waals surface area contributed by atoms with E-state index >= 15 is 0 Å². The van der Waals surface area contributed by atoms with Gasteiger partial charge >= 0.3 is 12.1 Å². The van der Waals surface area contributed by atoms with E-state index in [1.807, 2.05) is 27.7 Å². The highest BCUT2D eigenvalue weighted by atomic mass is 16.6. The van der Waals surface area contributed by atoms with Crippen molar-refractivity contribution in [3.8, 4) is 0 Å². The molecule has 3 saturated carbocycles. The zero-order valence-corrected chi connectivity index (χ0v) is 14.8. The molecule has 0 aromatic rings. The van der Waals surface area contributed by atoms with Crippen molar-refractivity contribution in [3.63, 3.8) is 0 Å². The number of esters is 1. The third-order valence-corrected chi connectivity index (χ3v) is 5.69. The van der Waals surface area contributed by atoms with Crippen LogP contribution in [0.2, 0.25) is 0 Å². The molecule has 0 aromatic carbocycles. The SMILES string of the molecule is COC(=O)[C@H]1C[C@H]2C[C@H](C2(C)C)[C@@]1(C)NC(=O)OC(C)(C)C. The van der Waals surface area contributed by atoms with Gasteiger partial charge in [0.2, 0.25) is 0 Å². The van der Waals surface area contributed by atoms with Crippen LogP contribution in [0.1, 0.15) is 54.4 Å². The lowest BCUT2D eigenvalue weighted by Crippen LogP contribution is -2.72. The Bertz CT molecular complexity index is 480. The largest absolute Gasteiger partial charge is 0.469 e. The zero-order chi connectivity index (χ0) is 16.9. The highest BCUT2D eigenvalue weighted by Gasteiger charge is 2.65. The Morgan fingerprint density at radius 2 is 1.73 bits per heavy atom. The van der Waals surface area contributed by atoms with Crippen molar-refractivity contribution in [1.29, 1.82) is 0 Å². The number of ether oxygens (including phenoxy) is 2. The Hall–Kier alpha value is -1.26. The molecule has 0 unspecified atom stereocenters. The summed E-state index contributed by atoms with van der Waals surface area (Å²) in [6.45, 7) is 11.9. The van der Waals surface area contributed by atoms with Gasteiger partial charge in [-0.3, -0.25) is 4.79 Å². The van der Waals surface area contributed by atoms with Crippen LogP contribution in [0.4, 0.5) is 4.79 Å². The Labute approximate surface area is 133 Å². The number of fused-ring (bicyclic) bond motifs is 2. The van der Waals surface area contributed by atoms with Crippen molar-refractivity contribution in [2.45, 2.75) is 65.5 Å². The molecular formula is C17H29NO4. The minimum atomic E-state index is -0.631. The minimum absolute atomic E-state index is 0.119. The van der Waals surface area contributed by atoms with Gasteiger partial charge in [-0.1, -0.05) is 13.8 Å². The highest BCUT2D eigenvalue weighted by Crippen LogP contribution is 2.64. The van der Waals surface area contributed by atoms with E-state index in [0.29, 0.717) is 5.92 Å². The normalized spacial score (nSPS) is 36.0. The van der Waals surface area contributed by atoms with Gasteiger partial charge in [0.1, 0.15) is 5.60 Å². The van der Waals surface area contributed by atoms with Gasteiger partial charge in [0.25, 0.3) is 0 Å². The number of carbonyl (C=O) groups is 2. The number of carbonyl (C=O) groups excluding carboxylic acids is 2. The van der Waals surface area contributed by atoms with E-state index in [4.69, 9.17) is 9.47 Å². The second-order valence-electron chi connectivity index (χ2n) is 8.53. The third kappa shape index (κ3) is 2.70. The number of alkyl carbamates (subject to hydrolysis) is 1. The average Bonchev–Trinajstić information content (AvgIpc) is 2.34. The van der Waals surface area contributed by atoms with Gasteiger partial charge in [0.15, 0.2) is 0 Å². The molecule has 0 aromatic heterocycles. The maximum atomic E-state index is 12.3. The molecule has 1 amide bonds. The van der Waals surface area contributed by atoms with Crippen molar-refractivity contribution in [1.82, 2.24) is 5.32 Å². The zero-order valence-electron chi connectivity index (χ0n) is 14.8. The Morgan fingerprint density at radius 3 is 2.18 bits per heavy atom. The third-order valence-electron chi connectivity index (χ3n) is 5.69. The summed E-state index contributed by atoms with van der Waals surface area (Å²) in [6.07, 6.45) is 1.32. The van der Waals surface area contributed by atoms with E-state index in [9.17, 15) is 9.59 Å². The maximum Gasteiger partial charge on any atom is 0.408 e. The number of hydrogen-bond donors (Lipinski definition) is 1. The fourth-order valence-electron chi connectivity index (χ4n) is 4.39. The summed E-state index contributed by atoms with van der Waals surface area (Å²) in [5.74, 6) is 0.191. The molecule has 0 saturated heterocycles. The second-order valence-corrected chi connectivity index (χ2v) is 8.53. The minimum Gasteiger partial charge on any atom is -0.469 e. The van der Waals surface area contributed by atoms with Crippen molar-refractivity contribution >= 4 is 12.1 Å². The second kappa shape index (κ2) is 5.14. The van der Waals surface area contributed by atoms with Crippen LogP contribution in [0.3, 0.4) is 0 Å². The first kappa shape index (κ1) is 17.1. The van der Waals surface area contributed by atoms with E-state index in [1.54, 1.807) is 0 Å². The lowest BCUT2D eigenvalue weighted by atomic mass is 9.41. The summed E-state index contributed by atoms with van der Waals surface area (Å²) < 4.78 is 10.4. The molecule has 1 N–H and O–H groups in total. The van der Waals surface area contributed by atoms with Crippen LogP contribution < -0.4 is 5.32 Å². The number of rotatable bonds is 2. The monoisotopic (exact) mass is 311 g/mol. The van der Waals surface area contributed by atoms with Gasteiger partial charge in [-0.15, -0.1) is 0 Å². The summed E-state index contributed by atoms with van der Waals surface area (Å²) >= 11 is 0. The molecule has 3 aliphatic rings. The summed E-state index contributed by atoms with van der Waals surface area (Å²) in [5, 5.41) is 3.00. The number of nitrogens with one attached hydrogen (secondary N) is 1. The van der Waals surface area contributed by atoms with Crippen LogP contribution in [-0.4, -0.2) is 30.3 Å². The van der Waals surface area contributed by atoms with E-state index in [2.05, 4.69) is 19.2 Å². The molecule has 5 heteroatoms. The van der Waals surface area contributed by atoms with Crippen LogP contribution in [0.25, 0.3) is 0 Å². The quantitative estimate of drug-likeness (QED) is 0.796. The van der Waals surface area contributed by atoms with E-state index in [1.165, 1.54) is 7.11 Å². The van der Waals surface area contributed by atoms with Crippen molar-refractivity contribution < 1.29 is 19.1 Å². The van der Waals surface area contributed by atoms with Crippen LogP contribution >= 0.6 is 0 Å². The first-order chi connectivity index (χ1) is 9.91. The smallest absolute Gasteiger partial charge is 0.408 e. The molecular weight excluding hydrogens is 282 g/mol. The van der Waals surface area contributed by atoms with Gasteiger partial charge in [0, 0.05) is 0 Å². The molecule has 0 aliphatic heterocycles. The molecule has 126 valence electrons. The fraction of sp³-hybridized carbons (Fsp3) is 0.882.